The van der Waals surface area contributed by atoms with E-state index in [4.69, 9.17) is 5.73 Å². The number of hydrogen-bond acceptors (Lipinski definition) is 7. The number of hydrogen-bond donors (Lipinski definition) is 6. The van der Waals surface area contributed by atoms with E-state index in [2.05, 4.69) is 31.8 Å². The third-order valence-electron chi connectivity index (χ3n) is 13.0. The van der Waals surface area contributed by atoms with Crippen LogP contribution in [0.4, 0.5) is 0 Å². The molecule has 53 heavy (non-hydrogen) atoms. The summed E-state index contributed by atoms with van der Waals surface area (Å²) in [5.41, 5.74) is 11.4. The molecule has 8 nitrogen and oxygen atoms in total. The van der Waals surface area contributed by atoms with Gasteiger partial charge in [0.1, 0.15) is 6.17 Å². The Hall–Kier alpha value is -3.14. The summed E-state index contributed by atoms with van der Waals surface area (Å²) in [5, 5.41) is 48.5. The highest BCUT2D eigenvalue weighted by molar-refractivity contribution is 5.98. The van der Waals surface area contributed by atoms with E-state index in [9.17, 15) is 30.0 Å². The summed E-state index contributed by atoms with van der Waals surface area (Å²) in [6.07, 6.45) is 16.6. The van der Waals surface area contributed by atoms with Crippen molar-refractivity contribution in [3.8, 4) is 0 Å². The van der Waals surface area contributed by atoms with Crippen LogP contribution in [0.2, 0.25) is 0 Å². The summed E-state index contributed by atoms with van der Waals surface area (Å²) in [5.74, 6) is -0.734. The maximum absolute atomic E-state index is 14.9. The van der Waals surface area contributed by atoms with Crippen LogP contribution in [0.25, 0.3) is 0 Å². The lowest BCUT2D eigenvalue weighted by atomic mass is 9.52. The molecule has 1 spiro atoms. The monoisotopic (exact) mass is 728 g/mol. The number of allylic oxidation sites excluding steroid dienone is 8. The summed E-state index contributed by atoms with van der Waals surface area (Å²) < 4.78 is 0. The molecular formula is C45H64N2O6. The average molecular weight is 729 g/mol. The highest BCUT2D eigenvalue weighted by Gasteiger charge is 2.64. The van der Waals surface area contributed by atoms with E-state index >= 15 is 0 Å². The molecule has 3 fully saturated rings. The summed E-state index contributed by atoms with van der Waals surface area (Å²) in [7, 11) is 0. The topological polar surface area (TPSA) is 153 Å². The minimum absolute atomic E-state index is 0.0310. The van der Waals surface area contributed by atoms with Gasteiger partial charge in [0.05, 0.1) is 24.7 Å². The molecule has 8 heteroatoms. The summed E-state index contributed by atoms with van der Waals surface area (Å²) >= 11 is 0. The third-order valence-corrected chi connectivity index (χ3v) is 13.0. The number of aliphatic hydroxyl groups is 4. The first kappa shape index (κ1) is 41.0. The van der Waals surface area contributed by atoms with Crippen LogP contribution in [0.3, 0.4) is 0 Å². The van der Waals surface area contributed by atoms with E-state index in [-0.39, 0.29) is 55.5 Å². The minimum Gasteiger partial charge on any atom is -0.396 e. The van der Waals surface area contributed by atoms with Gasteiger partial charge in [-0.1, -0.05) is 85.1 Å². The van der Waals surface area contributed by atoms with Crippen LogP contribution < -0.4 is 11.1 Å². The van der Waals surface area contributed by atoms with Crippen LogP contribution in [0.15, 0.2) is 76.9 Å². The molecule has 0 radical (unpaired) electrons. The second kappa shape index (κ2) is 18.0. The van der Waals surface area contributed by atoms with Crippen molar-refractivity contribution in [1.29, 1.82) is 0 Å². The number of carbonyl (C=O) groups excluding carboxylic acids is 2. The zero-order chi connectivity index (χ0) is 38.3. The predicted molar refractivity (Wildman–Crippen MR) is 210 cm³/mol. The second-order valence-electron chi connectivity index (χ2n) is 16.6. The van der Waals surface area contributed by atoms with Gasteiger partial charge >= 0.3 is 0 Å². The van der Waals surface area contributed by atoms with E-state index in [1.54, 1.807) is 0 Å². The fourth-order valence-corrected chi connectivity index (χ4v) is 10.3. The largest absolute Gasteiger partial charge is 0.396 e. The van der Waals surface area contributed by atoms with Crippen molar-refractivity contribution >= 4 is 11.7 Å². The molecule has 7 N–H and O–H groups in total. The molecule has 1 amide bonds. The second-order valence-corrected chi connectivity index (χ2v) is 16.6. The molecule has 0 bridgehead atoms. The van der Waals surface area contributed by atoms with Gasteiger partial charge in [0.2, 0.25) is 5.91 Å². The molecule has 0 aromatic heterocycles. The van der Waals surface area contributed by atoms with Gasteiger partial charge in [0.15, 0.2) is 5.78 Å². The number of rotatable bonds is 14. The van der Waals surface area contributed by atoms with Crippen LogP contribution in [-0.2, 0) is 22.4 Å². The number of ketones is 1. The lowest BCUT2D eigenvalue weighted by molar-refractivity contribution is -0.168. The van der Waals surface area contributed by atoms with Crippen LogP contribution in [-0.4, -0.2) is 57.0 Å². The van der Waals surface area contributed by atoms with E-state index in [1.165, 1.54) is 5.57 Å². The zero-order valence-corrected chi connectivity index (χ0v) is 32.3. The summed E-state index contributed by atoms with van der Waals surface area (Å²) in [6.45, 7) is 9.93. The smallest absolute Gasteiger partial charge is 0.225 e. The Balaban J connectivity index is 1.54. The van der Waals surface area contributed by atoms with Crippen molar-refractivity contribution in [1.82, 2.24) is 5.32 Å². The van der Waals surface area contributed by atoms with E-state index in [0.717, 1.165) is 83.9 Å². The Morgan fingerprint density at radius 2 is 1.87 bits per heavy atom. The van der Waals surface area contributed by atoms with Crippen molar-refractivity contribution in [2.45, 2.75) is 135 Å². The van der Waals surface area contributed by atoms with E-state index < -0.39 is 23.3 Å². The van der Waals surface area contributed by atoms with Crippen LogP contribution in [0.5, 0.6) is 0 Å². The Morgan fingerprint density at radius 3 is 2.57 bits per heavy atom. The molecule has 3 aliphatic carbocycles. The zero-order valence-electron chi connectivity index (χ0n) is 32.3. The molecule has 290 valence electrons. The lowest BCUT2D eigenvalue weighted by Crippen LogP contribution is -2.59. The molecule has 0 unspecified atom stereocenters. The normalized spacial score (nSPS) is 30.3. The molecule has 1 heterocycles. The fraction of sp³-hybridized carbons (Fsp3) is 0.600. The quantitative estimate of drug-likeness (QED) is 0.0702. The summed E-state index contributed by atoms with van der Waals surface area (Å²) in [4.78, 5) is 27.4. The number of benzene rings is 1. The maximum Gasteiger partial charge on any atom is 0.225 e. The number of carbonyl (C=O) groups is 2. The molecule has 0 saturated heterocycles. The maximum atomic E-state index is 14.9. The predicted octanol–water partition coefficient (Wildman–Crippen LogP) is 6.77. The van der Waals surface area contributed by atoms with E-state index in [1.807, 2.05) is 43.4 Å². The first-order chi connectivity index (χ1) is 25.3. The molecule has 5 rings (SSSR count). The van der Waals surface area contributed by atoms with Gasteiger partial charge in [-0.2, -0.15) is 0 Å². The molecule has 1 aliphatic heterocycles. The average Bonchev–Trinajstić information content (AvgIpc) is 3.46. The van der Waals surface area contributed by atoms with Crippen LogP contribution in [0.1, 0.15) is 127 Å². The van der Waals surface area contributed by atoms with Crippen LogP contribution >= 0.6 is 0 Å². The Kier molecular flexibility index (Phi) is 13.9. The van der Waals surface area contributed by atoms with Gasteiger partial charge in [0.25, 0.3) is 0 Å². The Bertz CT molecular complexity index is 1620. The number of nitrogens with one attached hydrogen (secondary N) is 1. The van der Waals surface area contributed by atoms with Crippen molar-refractivity contribution in [2.75, 3.05) is 13.2 Å². The summed E-state index contributed by atoms with van der Waals surface area (Å²) in [6, 6.07) is 5.75. The van der Waals surface area contributed by atoms with Crippen molar-refractivity contribution in [3.63, 3.8) is 0 Å². The van der Waals surface area contributed by atoms with Crippen molar-refractivity contribution in [3.05, 3.63) is 93.6 Å². The first-order valence-corrected chi connectivity index (χ1v) is 20.1. The minimum atomic E-state index is -1.23. The van der Waals surface area contributed by atoms with Crippen molar-refractivity contribution < 1.29 is 30.0 Å². The van der Waals surface area contributed by atoms with Gasteiger partial charge < -0.3 is 31.5 Å². The molecule has 1 aromatic carbocycles. The van der Waals surface area contributed by atoms with Gasteiger partial charge in [-0.3, -0.25) is 9.59 Å². The number of Topliss-reactive ketones (excluding diaryl/α,β-unsaturated/α-hetero) is 1. The standard InChI is InChI=1S/C45H64N2O6/c1-29(2)12-8-13-30(3)14-9-18-33(28-49)34-22-24-45(42(34)52)38(20-11-25-48)36(21-23-44(45,4)53)41(31-15-6-5-7-16-31)39(50)26-32-17-10-19-35-37(32)27-40(51)47-43(35)46/h9-10,12,14,17-19,31,34,38,42-43,48-49,52-53H,3,5-8,11,13,15-16,20-28,46H2,1-2,4H3,(H,47,51)/b14-9+,33-18-,41-36+/t34-,38-,42-,43-,44-,45-/m1/s1. The number of nitrogens with two attached hydrogens (primary N) is 1. The van der Waals surface area contributed by atoms with E-state index in [0.29, 0.717) is 38.5 Å². The Labute approximate surface area is 317 Å². The number of fused-ring (bicyclic) bond motifs is 1. The molecule has 6 atom stereocenters. The first-order valence-electron chi connectivity index (χ1n) is 20.1. The molecule has 4 aliphatic rings. The fourth-order valence-electron chi connectivity index (χ4n) is 10.3. The Morgan fingerprint density at radius 1 is 1.11 bits per heavy atom. The highest BCUT2D eigenvalue weighted by atomic mass is 16.3. The van der Waals surface area contributed by atoms with Gasteiger partial charge in [-0.25, -0.2) is 0 Å². The highest BCUT2D eigenvalue weighted by Crippen LogP contribution is 2.63. The van der Waals surface area contributed by atoms with Crippen molar-refractivity contribution in [2.24, 2.45) is 28.9 Å². The van der Waals surface area contributed by atoms with Gasteiger partial charge in [-0.15, -0.1) is 0 Å². The third kappa shape index (κ3) is 8.89. The molecule has 3 saturated carbocycles. The number of amides is 1. The number of aliphatic hydroxyl groups excluding tert-OH is 3. The van der Waals surface area contributed by atoms with Gasteiger partial charge in [-0.05, 0) is 125 Å². The van der Waals surface area contributed by atoms with Gasteiger partial charge in [0, 0.05) is 24.4 Å². The molecular weight excluding hydrogens is 665 g/mol. The molecule has 1 aromatic rings. The van der Waals surface area contributed by atoms with Crippen LogP contribution in [0, 0.1) is 23.2 Å². The lowest BCUT2D eigenvalue weighted by Gasteiger charge is -2.56. The SMILES string of the molecule is C=C(/C=C/C=C(/CO)[C@H]1CC[C@@]2([C@H](CCCO)/C(=C(/C(=O)Cc3cccc4c3CC(=O)N[C@H]4N)C3CCCCC3)CC[C@@]2(C)O)[C@@H]1O)CCC=C(C)C.